The highest BCUT2D eigenvalue weighted by Crippen LogP contribution is 2.15. The molecule has 0 aliphatic heterocycles. The van der Waals surface area contributed by atoms with Gasteiger partial charge in [0.2, 0.25) is 0 Å². The molecule has 4 heteroatoms. The Hall–Kier alpha value is -1.68. The molecule has 2 rings (SSSR count). The van der Waals surface area contributed by atoms with Gasteiger partial charge >= 0.3 is 0 Å². The molecule has 0 bridgehead atoms. The zero-order valence-corrected chi connectivity index (χ0v) is 13.1. The molecule has 0 saturated heterocycles. The minimum Gasteiger partial charge on any atom is -0.345 e. The molecular weight excluding hydrogens is 316 g/mol. The van der Waals surface area contributed by atoms with Crippen LogP contribution in [0.5, 0.6) is 0 Å². The average Bonchev–Trinajstić information content (AvgIpc) is 2.48. The molecule has 104 valence electrons. The predicted molar refractivity (Wildman–Crippen MR) is 83.6 cm³/mol. The van der Waals surface area contributed by atoms with E-state index >= 15 is 0 Å². The van der Waals surface area contributed by atoms with Gasteiger partial charge in [0.1, 0.15) is 4.60 Å². The number of hydrogen-bond donors (Lipinski definition) is 1. The molecular formula is C16H17BrN2O. The number of rotatable bonds is 4. The van der Waals surface area contributed by atoms with E-state index in [1.165, 1.54) is 5.56 Å². The molecule has 1 heterocycles. The van der Waals surface area contributed by atoms with E-state index in [1.807, 2.05) is 6.92 Å². The topological polar surface area (TPSA) is 42.0 Å². The van der Waals surface area contributed by atoms with E-state index in [1.54, 1.807) is 18.3 Å². The maximum Gasteiger partial charge on any atom is 0.253 e. The van der Waals surface area contributed by atoms with Gasteiger partial charge in [0.05, 0.1) is 11.6 Å². The molecule has 1 aromatic heterocycles. The second-order valence-electron chi connectivity index (χ2n) is 4.66. The molecule has 0 aliphatic rings. The Bertz CT molecular complexity index is 578. The van der Waals surface area contributed by atoms with E-state index in [4.69, 9.17) is 0 Å². The molecule has 3 nitrogen and oxygen atoms in total. The summed E-state index contributed by atoms with van der Waals surface area (Å²) in [6.45, 7) is 4.10. The zero-order chi connectivity index (χ0) is 14.5. The summed E-state index contributed by atoms with van der Waals surface area (Å²) in [5.74, 6) is -0.114. The third-order valence-electron chi connectivity index (χ3n) is 3.23. The lowest BCUT2D eigenvalue weighted by molar-refractivity contribution is 0.0939. The molecule has 1 aromatic carbocycles. The lowest BCUT2D eigenvalue weighted by Crippen LogP contribution is -2.26. The molecule has 0 saturated carbocycles. The van der Waals surface area contributed by atoms with Crippen LogP contribution in [0.15, 0.2) is 47.2 Å². The van der Waals surface area contributed by atoms with Gasteiger partial charge in [-0.2, -0.15) is 0 Å². The maximum absolute atomic E-state index is 12.1. The SMILES string of the molecule is CCc1ccc(C(C)NC(=O)c2ccc(Br)nc2)cc1. The monoisotopic (exact) mass is 332 g/mol. The second kappa shape index (κ2) is 6.66. The Balaban J connectivity index is 2.04. The van der Waals surface area contributed by atoms with Gasteiger partial charge < -0.3 is 5.32 Å². The van der Waals surface area contributed by atoms with Crippen LogP contribution in [0.4, 0.5) is 0 Å². The van der Waals surface area contributed by atoms with E-state index < -0.39 is 0 Å². The van der Waals surface area contributed by atoms with Gasteiger partial charge in [-0.3, -0.25) is 4.79 Å². The van der Waals surface area contributed by atoms with Crippen LogP contribution in [0.25, 0.3) is 0 Å². The van der Waals surface area contributed by atoms with Crippen molar-refractivity contribution in [1.29, 1.82) is 0 Å². The summed E-state index contributed by atoms with van der Waals surface area (Å²) in [5, 5.41) is 2.98. The number of nitrogens with zero attached hydrogens (tertiary/aromatic N) is 1. The largest absolute Gasteiger partial charge is 0.345 e. The first-order valence-corrected chi connectivity index (χ1v) is 7.40. The number of aromatic nitrogens is 1. The minimum atomic E-state index is -0.114. The third kappa shape index (κ3) is 3.67. The number of carbonyl (C=O) groups is 1. The Morgan fingerprint density at radius 3 is 2.50 bits per heavy atom. The zero-order valence-electron chi connectivity index (χ0n) is 11.6. The van der Waals surface area contributed by atoms with Gasteiger partial charge in [0.15, 0.2) is 0 Å². The first kappa shape index (κ1) is 14.7. The quantitative estimate of drug-likeness (QED) is 0.863. The van der Waals surface area contributed by atoms with Crippen LogP contribution in [0.1, 0.15) is 41.4 Å². The van der Waals surface area contributed by atoms with Crippen LogP contribution in [0, 0.1) is 0 Å². The number of pyridine rings is 1. The van der Waals surface area contributed by atoms with Crippen molar-refractivity contribution in [2.75, 3.05) is 0 Å². The summed E-state index contributed by atoms with van der Waals surface area (Å²) in [6.07, 6.45) is 2.58. The van der Waals surface area contributed by atoms with E-state index in [2.05, 4.69) is 57.4 Å². The Morgan fingerprint density at radius 2 is 1.95 bits per heavy atom. The van der Waals surface area contributed by atoms with E-state index in [-0.39, 0.29) is 11.9 Å². The number of halogens is 1. The maximum atomic E-state index is 12.1. The standard InChI is InChI=1S/C16H17BrN2O/c1-3-12-4-6-13(7-5-12)11(2)19-16(20)14-8-9-15(17)18-10-14/h4-11H,3H2,1-2H3,(H,19,20). The lowest BCUT2D eigenvalue weighted by Gasteiger charge is -2.14. The molecule has 1 N–H and O–H groups in total. The molecule has 2 aromatic rings. The first-order valence-electron chi connectivity index (χ1n) is 6.61. The molecule has 0 radical (unpaired) electrons. The van der Waals surface area contributed by atoms with Crippen LogP contribution >= 0.6 is 15.9 Å². The van der Waals surface area contributed by atoms with Crippen molar-refractivity contribution in [2.24, 2.45) is 0 Å². The highest BCUT2D eigenvalue weighted by molar-refractivity contribution is 9.10. The fourth-order valence-electron chi connectivity index (χ4n) is 1.92. The van der Waals surface area contributed by atoms with Gasteiger partial charge in [-0.05, 0) is 52.5 Å². The second-order valence-corrected chi connectivity index (χ2v) is 5.47. The van der Waals surface area contributed by atoms with Gasteiger partial charge in [-0.1, -0.05) is 31.2 Å². The van der Waals surface area contributed by atoms with Crippen molar-refractivity contribution in [1.82, 2.24) is 10.3 Å². The summed E-state index contributed by atoms with van der Waals surface area (Å²) in [7, 11) is 0. The molecule has 1 amide bonds. The van der Waals surface area contributed by atoms with Gasteiger partial charge in [0, 0.05) is 6.20 Å². The number of nitrogens with one attached hydrogen (secondary N) is 1. The van der Waals surface area contributed by atoms with Crippen LogP contribution in [-0.2, 0) is 6.42 Å². The van der Waals surface area contributed by atoms with Gasteiger partial charge in [-0.25, -0.2) is 4.98 Å². The van der Waals surface area contributed by atoms with Crippen molar-refractivity contribution >= 4 is 21.8 Å². The van der Waals surface area contributed by atoms with Crippen molar-refractivity contribution < 1.29 is 4.79 Å². The molecule has 0 aliphatic carbocycles. The average molecular weight is 333 g/mol. The highest BCUT2D eigenvalue weighted by Gasteiger charge is 2.11. The first-order chi connectivity index (χ1) is 9.60. The summed E-state index contributed by atoms with van der Waals surface area (Å²) in [4.78, 5) is 16.2. The smallest absolute Gasteiger partial charge is 0.253 e. The fourth-order valence-corrected chi connectivity index (χ4v) is 2.15. The van der Waals surface area contributed by atoms with Crippen molar-refractivity contribution in [2.45, 2.75) is 26.3 Å². The summed E-state index contributed by atoms with van der Waals surface area (Å²) < 4.78 is 0.720. The van der Waals surface area contributed by atoms with Crippen molar-refractivity contribution in [3.05, 3.63) is 63.9 Å². The van der Waals surface area contributed by atoms with Crippen molar-refractivity contribution in [3.63, 3.8) is 0 Å². The van der Waals surface area contributed by atoms with E-state index in [9.17, 15) is 4.79 Å². The lowest BCUT2D eigenvalue weighted by atomic mass is 10.0. The molecule has 20 heavy (non-hydrogen) atoms. The number of carbonyl (C=O) groups excluding carboxylic acids is 1. The molecule has 0 fully saturated rings. The normalized spacial score (nSPS) is 11.9. The fraction of sp³-hybridized carbons (Fsp3) is 0.250. The Kier molecular flexibility index (Phi) is 4.90. The third-order valence-corrected chi connectivity index (χ3v) is 3.69. The number of benzene rings is 1. The Labute approximate surface area is 127 Å². The van der Waals surface area contributed by atoms with Crippen LogP contribution in [-0.4, -0.2) is 10.9 Å². The van der Waals surface area contributed by atoms with E-state index in [0.29, 0.717) is 5.56 Å². The van der Waals surface area contributed by atoms with Gasteiger partial charge in [-0.15, -0.1) is 0 Å². The number of hydrogen-bond acceptors (Lipinski definition) is 2. The molecule has 1 unspecified atom stereocenters. The van der Waals surface area contributed by atoms with Gasteiger partial charge in [0.25, 0.3) is 5.91 Å². The van der Waals surface area contributed by atoms with Crippen LogP contribution in [0.3, 0.4) is 0 Å². The predicted octanol–water partition coefficient (Wildman–Crippen LogP) is 3.90. The number of aryl methyl sites for hydroxylation is 1. The minimum absolute atomic E-state index is 0.0305. The highest BCUT2D eigenvalue weighted by atomic mass is 79.9. The van der Waals surface area contributed by atoms with Crippen molar-refractivity contribution in [3.8, 4) is 0 Å². The van der Waals surface area contributed by atoms with Crippen LogP contribution < -0.4 is 5.32 Å². The summed E-state index contributed by atoms with van der Waals surface area (Å²) in [6, 6.07) is 11.8. The summed E-state index contributed by atoms with van der Waals surface area (Å²) >= 11 is 3.25. The Morgan fingerprint density at radius 1 is 1.25 bits per heavy atom. The molecule has 0 spiro atoms. The summed E-state index contributed by atoms with van der Waals surface area (Å²) in [5.41, 5.74) is 2.95. The van der Waals surface area contributed by atoms with Crippen LogP contribution in [0.2, 0.25) is 0 Å². The number of amides is 1. The molecule has 1 atom stereocenters. The van der Waals surface area contributed by atoms with E-state index in [0.717, 1.165) is 16.6 Å².